The van der Waals surface area contributed by atoms with Crippen LogP contribution in [0.5, 0.6) is 0 Å². The molecule has 1 saturated carbocycles. The number of benzene rings is 1. The molecule has 0 amide bonds. The molecule has 0 spiro atoms. The zero-order chi connectivity index (χ0) is 22.0. The second-order valence-electron chi connectivity index (χ2n) is 9.06. The molecule has 1 aromatic rings. The summed E-state index contributed by atoms with van der Waals surface area (Å²) in [6.07, 6.45) is 8.34. The van der Waals surface area contributed by atoms with Gasteiger partial charge in [-0.2, -0.15) is 0 Å². The van der Waals surface area contributed by atoms with Gasteiger partial charge in [-0.1, -0.05) is 38.2 Å². The molecule has 30 heavy (non-hydrogen) atoms. The van der Waals surface area contributed by atoms with Crippen LogP contribution >= 0.6 is 0 Å². The SMILES string of the molecule is CC(C)(C)OC(=O)CCCOCCOC(=O)c1ccc(CC2CCCCC2)c(N)c1. The maximum absolute atomic E-state index is 12.2. The van der Waals surface area contributed by atoms with Crippen molar-refractivity contribution in [3.8, 4) is 0 Å². The minimum Gasteiger partial charge on any atom is -0.460 e. The summed E-state index contributed by atoms with van der Waals surface area (Å²) in [6, 6.07) is 5.45. The van der Waals surface area contributed by atoms with Crippen molar-refractivity contribution in [3.05, 3.63) is 29.3 Å². The largest absolute Gasteiger partial charge is 0.460 e. The molecule has 0 aliphatic heterocycles. The quantitative estimate of drug-likeness (QED) is 0.336. The van der Waals surface area contributed by atoms with Crippen molar-refractivity contribution in [2.45, 2.75) is 77.7 Å². The number of carbonyl (C=O) groups excluding carboxylic acids is 2. The third-order valence-electron chi connectivity index (χ3n) is 5.17. The van der Waals surface area contributed by atoms with Crippen LogP contribution in [0.15, 0.2) is 18.2 Å². The zero-order valence-corrected chi connectivity index (χ0v) is 18.7. The standard InChI is InChI=1S/C24H37NO5/c1-24(2,3)30-22(26)10-7-13-28-14-15-29-23(27)20-12-11-19(21(25)17-20)16-18-8-5-4-6-9-18/h11-12,17-18H,4-10,13-16,25H2,1-3H3. The molecule has 0 heterocycles. The van der Waals surface area contributed by atoms with Crippen LogP contribution in [-0.4, -0.2) is 37.4 Å². The lowest BCUT2D eigenvalue weighted by Crippen LogP contribution is -2.23. The molecule has 2 N–H and O–H groups in total. The molecule has 1 aromatic carbocycles. The first-order valence-corrected chi connectivity index (χ1v) is 11.1. The van der Waals surface area contributed by atoms with Crippen LogP contribution in [0.1, 0.15) is 81.6 Å². The second kappa shape index (κ2) is 11.9. The Morgan fingerprint density at radius 2 is 1.80 bits per heavy atom. The van der Waals surface area contributed by atoms with E-state index in [9.17, 15) is 9.59 Å². The van der Waals surface area contributed by atoms with Gasteiger partial charge in [0.1, 0.15) is 12.2 Å². The van der Waals surface area contributed by atoms with Gasteiger partial charge >= 0.3 is 11.9 Å². The fourth-order valence-corrected chi connectivity index (χ4v) is 3.70. The van der Waals surface area contributed by atoms with Gasteiger partial charge < -0.3 is 19.9 Å². The number of hydrogen-bond acceptors (Lipinski definition) is 6. The average Bonchev–Trinajstić information content (AvgIpc) is 2.68. The van der Waals surface area contributed by atoms with Gasteiger partial charge in [-0.25, -0.2) is 4.79 Å². The Balaban J connectivity index is 1.62. The number of nitrogens with two attached hydrogens (primary N) is 1. The normalized spacial score (nSPS) is 15.0. The van der Waals surface area contributed by atoms with Crippen molar-refractivity contribution in [2.24, 2.45) is 5.92 Å². The van der Waals surface area contributed by atoms with Crippen LogP contribution in [0.25, 0.3) is 0 Å². The molecule has 0 radical (unpaired) electrons. The molecular weight excluding hydrogens is 382 g/mol. The molecule has 168 valence electrons. The highest BCUT2D eigenvalue weighted by atomic mass is 16.6. The van der Waals surface area contributed by atoms with Gasteiger partial charge in [0.25, 0.3) is 0 Å². The Hall–Kier alpha value is -2.08. The predicted molar refractivity (Wildman–Crippen MR) is 117 cm³/mol. The highest BCUT2D eigenvalue weighted by Gasteiger charge is 2.17. The van der Waals surface area contributed by atoms with Crippen LogP contribution in [0, 0.1) is 5.92 Å². The molecule has 0 aromatic heterocycles. The van der Waals surface area contributed by atoms with E-state index in [1.807, 2.05) is 26.8 Å². The Bertz CT molecular complexity index is 689. The van der Waals surface area contributed by atoms with Crippen molar-refractivity contribution in [1.82, 2.24) is 0 Å². The lowest BCUT2D eigenvalue weighted by Gasteiger charge is -2.22. The van der Waals surface area contributed by atoms with E-state index in [2.05, 4.69) is 0 Å². The van der Waals surface area contributed by atoms with Crippen molar-refractivity contribution in [2.75, 3.05) is 25.6 Å². The Labute approximate surface area is 180 Å². The Morgan fingerprint density at radius 1 is 1.07 bits per heavy atom. The Morgan fingerprint density at radius 3 is 2.47 bits per heavy atom. The number of carbonyl (C=O) groups is 2. The fraction of sp³-hybridized carbons (Fsp3) is 0.667. The van der Waals surface area contributed by atoms with Crippen LogP contribution in [0.3, 0.4) is 0 Å². The van der Waals surface area contributed by atoms with Crippen molar-refractivity contribution in [1.29, 1.82) is 0 Å². The fourth-order valence-electron chi connectivity index (χ4n) is 3.70. The summed E-state index contributed by atoms with van der Waals surface area (Å²) in [5.74, 6) is 0.0663. The van der Waals surface area contributed by atoms with E-state index >= 15 is 0 Å². The number of rotatable bonds is 10. The number of esters is 2. The van der Waals surface area contributed by atoms with Crippen LogP contribution in [-0.2, 0) is 25.4 Å². The molecular formula is C24H37NO5. The molecule has 0 bridgehead atoms. The summed E-state index contributed by atoms with van der Waals surface area (Å²) in [4.78, 5) is 23.8. The predicted octanol–water partition coefficient (Wildman–Crippen LogP) is 4.69. The maximum Gasteiger partial charge on any atom is 0.338 e. The number of anilines is 1. The first-order chi connectivity index (χ1) is 14.2. The smallest absolute Gasteiger partial charge is 0.338 e. The van der Waals surface area contributed by atoms with E-state index in [0.717, 1.165) is 12.0 Å². The zero-order valence-electron chi connectivity index (χ0n) is 18.7. The van der Waals surface area contributed by atoms with Gasteiger partial charge in [-0.3, -0.25) is 4.79 Å². The molecule has 6 nitrogen and oxygen atoms in total. The topological polar surface area (TPSA) is 87.9 Å². The van der Waals surface area contributed by atoms with Crippen molar-refractivity contribution in [3.63, 3.8) is 0 Å². The number of nitrogen functional groups attached to an aromatic ring is 1. The number of ether oxygens (including phenoxy) is 3. The Kier molecular flexibility index (Phi) is 9.63. The third kappa shape index (κ3) is 9.16. The minimum atomic E-state index is -0.469. The molecule has 6 heteroatoms. The second-order valence-corrected chi connectivity index (χ2v) is 9.06. The van der Waals surface area contributed by atoms with Gasteiger partial charge in [-0.05, 0) is 57.2 Å². The van der Waals surface area contributed by atoms with Gasteiger partial charge in [0.2, 0.25) is 0 Å². The highest BCUT2D eigenvalue weighted by molar-refractivity contribution is 5.90. The molecule has 0 saturated heterocycles. The molecule has 0 unspecified atom stereocenters. The average molecular weight is 420 g/mol. The van der Waals surface area contributed by atoms with E-state index in [0.29, 0.717) is 36.6 Å². The summed E-state index contributed by atoms with van der Waals surface area (Å²) in [7, 11) is 0. The van der Waals surface area contributed by atoms with Crippen molar-refractivity contribution < 1.29 is 23.8 Å². The number of hydrogen-bond donors (Lipinski definition) is 1. The molecule has 1 aliphatic rings. The van der Waals surface area contributed by atoms with Gasteiger partial charge in [0.05, 0.1) is 12.2 Å². The van der Waals surface area contributed by atoms with E-state index < -0.39 is 11.6 Å². The monoisotopic (exact) mass is 419 g/mol. The van der Waals surface area contributed by atoms with Crippen LogP contribution < -0.4 is 5.73 Å². The van der Waals surface area contributed by atoms with Crippen LogP contribution in [0.4, 0.5) is 5.69 Å². The highest BCUT2D eigenvalue weighted by Crippen LogP contribution is 2.29. The van der Waals surface area contributed by atoms with Gasteiger partial charge in [0, 0.05) is 18.7 Å². The molecule has 1 fully saturated rings. The van der Waals surface area contributed by atoms with Gasteiger partial charge in [-0.15, -0.1) is 0 Å². The summed E-state index contributed by atoms with van der Waals surface area (Å²) in [5, 5.41) is 0. The molecule has 0 atom stereocenters. The third-order valence-corrected chi connectivity index (χ3v) is 5.17. The first-order valence-electron chi connectivity index (χ1n) is 11.1. The van der Waals surface area contributed by atoms with E-state index in [-0.39, 0.29) is 19.2 Å². The van der Waals surface area contributed by atoms with E-state index in [4.69, 9.17) is 19.9 Å². The van der Waals surface area contributed by atoms with E-state index in [1.165, 1.54) is 32.1 Å². The van der Waals surface area contributed by atoms with Gasteiger partial charge in [0.15, 0.2) is 0 Å². The van der Waals surface area contributed by atoms with E-state index in [1.54, 1.807) is 12.1 Å². The maximum atomic E-state index is 12.2. The van der Waals surface area contributed by atoms with Crippen molar-refractivity contribution >= 4 is 17.6 Å². The summed E-state index contributed by atoms with van der Waals surface area (Å²) < 4.78 is 15.9. The lowest BCUT2D eigenvalue weighted by molar-refractivity contribution is -0.155. The molecule has 2 rings (SSSR count). The first kappa shape index (κ1) is 24.2. The summed E-state index contributed by atoms with van der Waals surface area (Å²) in [6.45, 7) is 6.39. The summed E-state index contributed by atoms with van der Waals surface area (Å²) >= 11 is 0. The summed E-state index contributed by atoms with van der Waals surface area (Å²) in [5.41, 5.74) is 7.95. The van der Waals surface area contributed by atoms with Crippen LogP contribution in [0.2, 0.25) is 0 Å². The minimum absolute atomic E-state index is 0.162. The lowest BCUT2D eigenvalue weighted by atomic mass is 9.84. The molecule has 1 aliphatic carbocycles.